The Bertz CT molecular complexity index is 357. The van der Waals surface area contributed by atoms with Gasteiger partial charge in [-0.15, -0.1) is 11.3 Å². The van der Waals surface area contributed by atoms with Crippen LogP contribution in [0.5, 0.6) is 0 Å². The van der Waals surface area contributed by atoms with Crippen molar-refractivity contribution in [3.05, 3.63) is 20.8 Å². The molecule has 2 saturated carbocycles. The van der Waals surface area contributed by atoms with Crippen molar-refractivity contribution < 1.29 is 5.11 Å². The number of rotatable bonds is 2. The second-order valence-electron chi connectivity index (χ2n) is 4.89. The number of hydrogen-bond acceptors (Lipinski definition) is 2. The lowest BCUT2D eigenvalue weighted by Gasteiger charge is -2.09. The molecule has 1 heterocycles. The van der Waals surface area contributed by atoms with E-state index in [0.29, 0.717) is 5.92 Å². The highest BCUT2D eigenvalue weighted by Crippen LogP contribution is 2.62. The van der Waals surface area contributed by atoms with Crippen LogP contribution in [0.2, 0.25) is 4.34 Å². The van der Waals surface area contributed by atoms with Gasteiger partial charge in [-0.25, -0.2) is 0 Å². The third kappa shape index (κ3) is 1.54. The van der Waals surface area contributed by atoms with Crippen LogP contribution >= 0.6 is 22.9 Å². The lowest BCUT2D eigenvalue weighted by Crippen LogP contribution is -2.02. The van der Waals surface area contributed by atoms with E-state index in [9.17, 15) is 5.11 Å². The minimum Gasteiger partial charge on any atom is -0.387 e. The first kappa shape index (κ1) is 10.1. The molecule has 82 valence electrons. The average Bonchev–Trinajstić information content (AvgIpc) is 2.59. The third-order valence-electron chi connectivity index (χ3n) is 4.01. The van der Waals surface area contributed by atoms with Crippen molar-refractivity contribution in [2.24, 2.45) is 17.8 Å². The number of fused-ring (bicyclic) bond motifs is 1. The van der Waals surface area contributed by atoms with Gasteiger partial charge in [-0.3, -0.25) is 0 Å². The number of hydrogen-bond donors (Lipinski definition) is 1. The van der Waals surface area contributed by atoms with Gasteiger partial charge in [0, 0.05) is 4.88 Å². The maximum absolute atomic E-state index is 10.3. The van der Waals surface area contributed by atoms with Crippen molar-refractivity contribution in [1.29, 1.82) is 0 Å². The molecule has 2 aliphatic carbocycles. The van der Waals surface area contributed by atoms with Gasteiger partial charge in [-0.05, 0) is 49.1 Å². The Morgan fingerprint density at radius 1 is 1.47 bits per heavy atom. The van der Waals surface area contributed by atoms with Crippen LogP contribution in [-0.2, 0) is 0 Å². The van der Waals surface area contributed by atoms with E-state index >= 15 is 0 Å². The van der Waals surface area contributed by atoms with E-state index in [1.54, 1.807) is 11.3 Å². The Morgan fingerprint density at radius 3 is 2.67 bits per heavy atom. The largest absolute Gasteiger partial charge is 0.387 e. The van der Waals surface area contributed by atoms with E-state index in [2.05, 4.69) is 0 Å². The molecule has 0 radical (unpaired) electrons. The third-order valence-corrected chi connectivity index (χ3v) is 5.63. The van der Waals surface area contributed by atoms with Crippen LogP contribution in [0.15, 0.2) is 6.07 Å². The molecule has 3 atom stereocenters. The van der Waals surface area contributed by atoms with Crippen LogP contribution < -0.4 is 0 Å². The van der Waals surface area contributed by atoms with Crippen molar-refractivity contribution in [2.75, 3.05) is 0 Å². The van der Waals surface area contributed by atoms with Crippen LogP contribution in [0.4, 0.5) is 0 Å². The highest BCUT2D eigenvalue weighted by Gasteiger charge is 2.56. The Hall–Kier alpha value is -0.0500. The summed E-state index contributed by atoms with van der Waals surface area (Å²) in [5.41, 5.74) is 1.10. The van der Waals surface area contributed by atoms with Gasteiger partial charge in [-0.2, -0.15) is 0 Å². The van der Waals surface area contributed by atoms with E-state index in [1.165, 1.54) is 19.3 Å². The molecular formula is C12H15ClOS. The van der Waals surface area contributed by atoms with Gasteiger partial charge < -0.3 is 5.11 Å². The minimum absolute atomic E-state index is 0.253. The van der Waals surface area contributed by atoms with Crippen molar-refractivity contribution >= 4 is 22.9 Å². The van der Waals surface area contributed by atoms with E-state index in [0.717, 1.165) is 26.6 Å². The predicted molar refractivity (Wildman–Crippen MR) is 63.3 cm³/mol. The first-order valence-corrected chi connectivity index (χ1v) is 6.82. The zero-order valence-corrected chi connectivity index (χ0v) is 10.3. The maximum Gasteiger partial charge on any atom is 0.0961 e. The van der Waals surface area contributed by atoms with Gasteiger partial charge in [0.2, 0.25) is 0 Å². The molecule has 3 rings (SSSR count). The van der Waals surface area contributed by atoms with Crippen molar-refractivity contribution in [3.8, 4) is 0 Å². The molecule has 0 amide bonds. The van der Waals surface area contributed by atoms with Crippen molar-refractivity contribution in [2.45, 2.75) is 32.3 Å². The summed E-state index contributed by atoms with van der Waals surface area (Å²) < 4.78 is 0.829. The summed E-state index contributed by atoms with van der Waals surface area (Å²) in [6, 6.07) is 2.05. The molecule has 3 unspecified atom stereocenters. The summed E-state index contributed by atoms with van der Waals surface area (Å²) in [6.45, 7) is 2.00. The SMILES string of the molecule is Cc1cc(C(O)C2C3CCCC32)sc1Cl. The van der Waals surface area contributed by atoms with E-state index < -0.39 is 0 Å². The van der Waals surface area contributed by atoms with Gasteiger partial charge in [-0.1, -0.05) is 18.0 Å². The maximum atomic E-state index is 10.3. The fourth-order valence-corrected chi connectivity index (χ4v) is 4.43. The summed E-state index contributed by atoms with van der Waals surface area (Å²) in [4.78, 5) is 1.07. The van der Waals surface area contributed by atoms with Crippen LogP contribution in [0.3, 0.4) is 0 Å². The van der Waals surface area contributed by atoms with Gasteiger partial charge in [0.15, 0.2) is 0 Å². The summed E-state index contributed by atoms with van der Waals surface area (Å²) in [7, 11) is 0. The molecule has 1 aromatic heterocycles. The monoisotopic (exact) mass is 242 g/mol. The first-order chi connectivity index (χ1) is 7.18. The Kier molecular flexibility index (Phi) is 2.35. The minimum atomic E-state index is -0.253. The molecule has 3 heteroatoms. The normalized spacial score (nSPS) is 35.3. The van der Waals surface area contributed by atoms with Crippen LogP contribution in [-0.4, -0.2) is 5.11 Å². The highest BCUT2D eigenvalue weighted by atomic mass is 35.5. The smallest absolute Gasteiger partial charge is 0.0961 e. The molecule has 0 spiro atoms. The van der Waals surface area contributed by atoms with E-state index in [1.807, 2.05) is 13.0 Å². The first-order valence-electron chi connectivity index (χ1n) is 5.62. The fourth-order valence-electron chi connectivity index (χ4n) is 3.16. The number of aliphatic hydroxyl groups excluding tert-OH is 1. The molecule has 1 nitrogen and oxygen atoms in total. The molecule has 0 saturated heterocycles. The molecule has 1 aromatic rings. The summed E-state index contributed by atoms with van der Waals surface area (Å²) in [5, 5.41) is 10.3. The summed E-state index contributed by atoms with van der Waals surface area (Å²) in [5.74, 6) is 2.15. The van der Waals surface area contributed by atoms with Gasteiger partial charge in [0.25, 0.3) is 0 Å². The van der Waals surface area contributed by atoms with Crippen molar-refractivity contribution in [3.63, 3.8) is 0 Å². The number of aliphatic hydroxyl groups is 1. The molecule has 0 aromatic carbocycles. The van der Waals surface area contributed by atoms with Crippen LogP contribution in [0, 0.1) is 24.7 Å². The van der Waals surface area contributed by atoms with Crippen LogP contribution in [0.25, 0.3) is 0 Å². The van der Waals surface area contributed by atoms with Gasteiger partial charge in [0.05, 0.1) is 10.4 Å². The number of aryl methyl sites for hydroxylation is 1. The second kappa shape index (κ2) is 3.47. The average molecular weight is 243 g/mol. The van der Waals surface area contributed by atoms with Gasteiger partial charge in [0.1, 0.15) is 0 Å². The van der Waals surface area contributed by atoms with Crippen molar-refractivity contribution in [1.82, 2.24) is 0 Å². The Labute approximate surface area is 99.1 Å². The zero-order chi connectivity index (χ0) is 10.6. The number of halogens is 1. The van der Waals surface area contributed by atoms with E-state index in [4.69, 9.17) is 11.6 Å². The summed E-state index contributed by atoms with van der Waals surface area (Å²) >= 11 is 7.57. The molecule has 2 aliphatic rings. The molecule has 2 fully saturated rings. The molecule has 0 aliphatic heterocycles. The van der Waals surface area contributed by atoms with Gasteiger partial charge >= 0.3 is 0 Å². The number of thiophene rings is 1. The molecule has 1 N–H and O–H groups in total. The lowest BCUT2D eigenvalue weighted by atomic mass is 10.1. The molecule has 15 heavy (non-hydrogen) atoms. The quantitative estimate of drug-likeness (QED) is 0.837. The fraction of sp³-hybridized carbons (Fsp3) is 0.667. The molecule has 0 bridgehead atoms. The Balaban J connectivity index is 1.77. The predicted octanol–water partition coefficient (Wildman–Crippen LogP) is 3.79. The molecular weight excluding hydrogens is 228 g/mol. The van der Waals surface area contributed by atoms with Crippen LogP contribution in [0.1, 0.15) is 35.8 Å². The topological polar surface area (TPSA) is 20.2 Å². The zero-order valence-electron chi connectivity index (χ0n) is 8.74. The standard InChI is InChI=1S/C12H15ClOS/c1-6-5-9(15-12(6)13)11(14)10-7-3-2-4-8(7)10/h5,7-8,10-11,14H,2-4H2,1H3. The van der Waals surface area contributed by atoms with E-state index in [-0.39, 0.29) is 6.10 Å². The lowest BCUT2D eigenvalue weighted by molar-refractivity contribution is 0.140. The Morgan fingerprint density at radius 2 is 2.13 bits per heavy atom. The highest BCUT2D eigenvalue weighted by molar-refractivity contribution is 7.16. The summed E-state index contributed by atoms with van der Waals surface area (Å²) in [6.07, 6.45) is 3.76. The second-order valence-corrected chi connectivity index (χ2v) is 6.57.